The molecule has 1 aliphatic carbocycles. The van der Waals surface area contributed by atoms with E-state index in [9.17, 15) is 0 Å². The lowest BCUT2D eigenvalue weighted by Crippen LogP contribution is -2.53. The molecule has 0 saturated heterocycles. The van der Waals surface area contributed by atoms with Crippen LogP contribution in [-0.4, -0.2) is 11.7 Å². The van der Waals surface area contributed by atoms with Crippen LogP contribution in [0.2, 0.25) is 0 Å². The van der Waals surface area contributed by atoms with Crippen LogP contribution in [0.1, 0.15) is 68.2 Å². The molecule has 16 heavy (non-hydrogen) atoms. The van der Waals surface area contributed by atoms with Gasteiger partial charge < -0.3 is 4.74 Å². The van der Waals surface area contributed by atoms with E-state index in [4.69, 9.17) is 4.74 Å². The van der Waals surface area contributed by atoms with Gasteiger partial charge in [-0.05, 0) is 50.4 Å². The summed E-state index contributed by atoms with van der Waals surface area (Å²) in [6, 6.07) is 0. The van der Waals surface area contributed by atoms with Gasteiger partial charge in [0.15, 0.2) is 0 Å². The maximum atomic E-state index is 6.13. The fourth-order valence-corrected chi connectivity index (χ4v) is 2.68. The Labute approximate surface area is 102 Å². The second-order valence-corrected chi connectivity index (χ2v) is 8.24. The molecular formula is C15H30O. The molecule has 0 aliphatic heterocycles. The van der Waals surface area contributed by atoms with Crippen LogP contribution in [0, 0.1) is 16.7 Å². The highest BCUT2D eigenvalue weighted by Crippen LogP contribution is 2.53. The zero-order chi connectivity index (χ0) is 12.8. The Kier molecular flexibility index (Phi) is 3.52. The maximum Gasteiger partial charge on any atom is 0.0638 e. The topological polar surface area (TPSA) is 9.23 Å². The predicted molar refractivity (Wildman–Crippen MR) is 70.6 cm³/mol. The third-order valence-corrected chi connectivity index (χ3v) is 3.74. The molecule has 1 aliphatic rings. The molecule has 1 fully saturated rings. The molecule has 1 rings (SSSR count). The average molecular weight is 226 g/mol. The van der Waals surface area contributed by atoms with Gasteiger partial charge in [0.05, 0.1) is 11.7 Å². The normalized spacial score (nSPS) is 30.0. The summed E-state index contributed by atoms with van der Waals surface area (Å²) in [5.41, 5.74) is 0.782. The highest BCUT2D eigenvalue weighted by atomic mass is 16.5. The summed E-state index contributed by atoms with van der Waals surface area (Å²) in [6.07, 6.45) is 2.99. The minimum Gasteiger partial charge on any atom is -0.372 e. The second-order valence-electron chi connectivity index (χ2n) is 8.24. The van der Waals surface area contributed by atoms with Crippen LogP contribution in [0.4, 0.5) is 0 Å². The Hall–Kier alpha value is -0.0400. The Balaban J connectivity index is 2.54. The van der Waals surface area contributed by atoms with Crippen LogP contribution in [0.5, 0.6) is 0 Å². The fourth-order valence-electron chi connectivity index (χ4n) is 2.68. The lowest BCUT2D eigenvalue weighted by atomic mass is 9.56. The van der Waals surface area contributed by atoms with Crippen molar-refractivity contribution in [2.75, 3.05) is 0 Å². The molecule has 0 bridgehead atoms. The molecule has 1 saturated carbocycles. The van der Waals surface area contributed by atoms with Gasteiger partial charge in [-0.1, -0.05) is 34.6 Å². The molecule has 1 nitrogen and oxygen atoms in total. The van der Waals surface area contributed by atoms with Gasteiger partial charge in [0, 0.05) is 0 Å². The van der Waals surface area contributed by atoms with E-state index in [0.717, 1.165) is 5.92 Å². The van der Waals surface area contributed by atoms with Gasteiger partial charge in [0.2, 0.25) is 0 Å². The molecule has 0 N–H and O–H groups in total. The smallest absolute Gasteiger partial charge is 0.0638 e. The SMILES string of the molecule is CC(C)(C)C[C@@H]1C[C@H](OC(C)(C)C)C1(C)C. The molecule has 0 unspecified atom stereocenters. The second kappa shape index (κ2) is 4.01. The summed E-state index contributed by atoms with van der Waals surface area (Å²) in [4.78, 5) is 0. The summed E-state index contributed by atoms with van der Waals surface area (Å²) in [5, 5.41) is 0. The van der Waals surface area contributed by atoms with Crippen molar-refractivity contribution in [3.05, 3.63) is 0 Å². The standard InChI is InChI=1S/C15H30O/c1-13(2,3)10-11-9-12(15(11,7)8)16-14(4,5)6/h11-12H,9-10H2,1-8H3/t11-,12-/m0/s1. The van der Waals surface area contributed by atoms with Crippen molar-refractivity contribution in [2.45, 2.75) is 79.9 Å². The average Bonchev–Trinajstić information content (AvgIpc) is 1.98. The van der Waals surface area contributed by atoms with Crippen molar-refractivity contribution in [3.63, 3.8) is 0 Å². The van der Waals surface area contributed by atoms with Crippen molar-refractivity contribution in [2.24, 2.45) is 16.7 Å². The molecular weight excluding hydrogens is 196 g/mol. The van der Waals surface area contributed by atoms with Crippen LogP contribution in [0.25, 0.3) is 0 Å². The quantitative estimate of drug-likeness (QED) is 0.666. The van der Waals surface area contributed by atoms with Gasteiger partial charge in [-0.3, -0.25) is 0 Å². The first kappa shape index (κ1) is 14.0. The number of ether oxygens (including phenoxy) is 1. The summed E-state index contributed by atoms with van der Waals surface area (Å²) in [7, 11) is 0. The Morgan fingerprint density at radius 1 is 1.06 bits per heavy atom. The van der Waals surface area contributed by atoms with E-state index in [2.05, 4.69) is 55.4 Å². The van der Waals surface area contributed by atoms with Crippen LogP contribution in [0.3, 0.4) is 0 Å². The number of hydrogen-bond donors (Lipinski definition) is 0. The van der Waals surface area contributed by atoms with Crippen molar-refractivity contribution < 1.29 is 4.74 Å². The zero-order valence-electron chi connectivity index (χ0n) is 12.5. The summed E-state index contributed by atoms with van der Waals surface area (Å²) in [6.45, 7) is 18.2. The lowest BCUT2D eigenvalue weighted by Gasteiger charge is -2.55. The molecule has 0 aromatic heterocycles. The van der Waals surface area contributed by atoms with E-state index in [1.165, 1.54) is 12.8 Å². The molecule has 2 atom stereocenters. The van der Waals surface area contributed by atoms with E-state index < -0.39 is 0 Å². The Bertz CT molecular complexity index is 215. The lowest BCUT2D eigenvalue weighted by molar-refractivity contribution is -0.194. The minimum atomic E-state index is -0.00532. The Morgan fingerprint density at radius 3 is 1.88 bits per heavy atom. The van der Waals surface area contributed by atoms with Gasteiger partial charge in [-0.15, -0.1) is 0 Å². The molecule has 0 aromatic rings. The molecule has 0 heterocycles. The Morgan fingerprint density at radius 2 is 1.56 bits per heavy atom. The minimum absolute atomic E-state index is 0.00532. The van der Waals surface area contributed by atoms with Gasteiger partial charge in [0.1, 0.15) is 0 Å². The predicted octanol–water partition coefficient (Wildman–Crippen LogP) is 4.65. The highest BCUT2D eigenvalue weighted by Gasteiger charge is 2.50. The summed E-state index contributed by atoms with van der Waals surface area (Å²) >= 11 is 0. The van der Waals surface area contributed by atoms with Crippen molar-refractivity contribution in [3.8, 4) is 0 Å². The molecule has 0 radical (unpaired) electrons. The third kappa shape index (κ3) is 3.48. The van der Waals surface area contributed by atoms with Gasteiger partial charge in [0.25, 0.3) is 0 Å². The van der Waals surface area contributed by atoms with Gasteiger partial charge >= 0.3 is 0 Å². The molecule has 0 spiro atoms. The molecule has 0 amide bonds. The van der Waals surface area contributed by atoms with E-state index in [-0.39, 0.29) is 5.60 Å². The largest absolute Gasteiger partial charge is 0.372 e. The van der Waals surface area contributed by atoms with Gasteiger partial charge in [-0.25, -0.2) is 0 Å². The van der Waals surface area contributed by atoms with Crippen molar-refractivity contribution in [1.82, 2.24) is 0 Å². The number of hydrogen-bond acceptors (Lipinski definition) is 1. The fraction of sp³-hybridized carbons (Fsp3) is 1.00. The first-order chi connectivity index (χ1) is 6.92. The van der Waals surface area contributed by atoms with Crippen LogP contribution < -0.4 is 0 Å². The third-order valence-electron chi connectivity index (χ3n) is 3.74. The maximum absolute atomic E-state index is 6.13. The monoisotopic (exact) mass is 226 g/mol. The molecule has 1 heteroatoms. The first-order valence-corrected chi connectivity index (χ1v) is 6.60. The van der Waals surface area contributed by atoms with Crippen molar-refractivity contribution in [1.29, 1.82) is 0 Å². The zero-order valence-corrected chi connectivity index (χ0v) is 12.5. The van der Waals surface area contributed by atoms with E-state index in [1.807, 2.05) is 0 Å². The summed E-state index contributed by atoms with van der Waals surface area (Å²) in [5.74, 6) is 0.819. The first-order valence-electron chi connectivity index (χ1n) is 6.60. The van der Waals surface area contributed by atoms with E-state index in [0.29, 0.717) is 16.9 Å². The molecule has 0 aromatic carbocycles. The van der Waals surface area contributed by atoms with Crippen LogP contribution in [0.15, 0.2) is 0 Å². The van der Waals surface area contributed by atoms with E-state index >= 15 is 0 Å². The van der Waals surface area contributed by atoms with Crippen molar-refractivity contribution >= 4 is 0 Å². The van der Waals surface area contributed by atoms with Gasteiger partial charge in [-0.2, -0.15) is 0 Å². The summed E-state index contributed by atoms with van der Waals surface area (Å²) < 4.78 is 6.13. The number of rotatable bonds is 2. The van der Waals surface area contributed by atoms with Crippen LogP contribution >= 0.6 is 0 Å². The molecule has 96 valence electrons. The highest BCUT2D eigenvalue weighted by molar-refractivity contribution is 4.99. The van der Waals surface area contributed by atoms with Crippen LogP contribution in [-0.2, 0) is 4.74 Å². The van der Waals surface area contributed by atoms with E-state index in [1.54, 1.807) is 0 Å².